The molecular formula is C27H27N3O6S. The molecule has 0 unspecified atom stereocenters. The van der Waals surface area contributed by atoms with E-state index in [-0.39, 0.29) is 16.4 Å². The molecule has 3 aromatic rings. The van der Waals surface area contributed by atoms with E-state index in [1.165, 1.54) is 9.21 Å². The number of morpholine rings is 1. The van der Waals surface area contributed by atoms with Crippen molar-refractivity contribution in [3.8, 4) is 5.69 Å². The number of aryl methyl sites for hydroxylation is 1. The summed E-state index contributed by atoms with van der Waals surface area (Å²) in [6, 6.07) is 13.3. The van der Waals surface area contributed by atoms with Gasteiger partial charge in [0.15, 0.2) is 0 Å². The van der Waals surface area contributed by atoms with Crippen molar-refractivity contribution in [3.63, 3.8) is 0 Å². The first-order valence-electron chi connectivity index (χ1n) is 11.8. The molecule has 0 spiro atoms. The fourth-order valence-electron chi connectivity index (χ4n) is 4.90. The van der Waals surface area contributed by atoms with Crippen molar-refractivity contribution in [1.29, 1.82) is 0 Å². The van der Waals surface area contributed by atoms with Crippen LogP contribution in [-0.4, -0.2) is 67.6 Å². The van der Waals surface area contributed by atoms with Crippen LogP contribution >= 0.6 is 0 Å². The molecule has 2 aromatic carbocycles. The van der Waals surface area contributed by atoms with Crippen LogP contribution in [0.15, 0.2) is 53.4 Å². The summed E-state index contributed by atoms with van der Waals surface area (Å²) in [4.78, 5) is 26.1. The highest BCUT2D eigenvalue weighted by Crippen LogP contribution is 2.39. The summed E-state index contributed by atoms with van der Waals surface area (Å²) in [5.41, 5.74) is 5.23. The molecule has 0 atom stereocenters. The van der Waals surface area contributed by atoms with Crippen molar-refractivity contribution in [2.24, 2.45) is 0 Å². The number of aromatic nitrogens is 1. The van der Waals surface area contributed by atoms with Gasteiger partial charge in [-0.1, -0.05) is 0 Å². The van der Waals surface area contributed by atoms with Gasteiger partial charge < -0.3 is 19.3 Å². The van der Waals surface area contributed by atoms with Crippen molar-refractivity contribution < 1.29 is 27.9 Å². The lowest BCUT2D eigenvalue weighted by Gasteiger charge is -2.26. The SMILES string of the molecule is Cc1cc(/C=C2\C(=O)N(C)c3ccc(S(=O)(=O)N4CCOCC4)cc32)c(C)n1-c1ccc(C(=O)O)cc1. The topological polar surface area (TPSA) is 109 Å². The van der Waals surface area contributed by atoms with Crippen LogP contribution in [0.5, 0.6) is 0 Å². The summed E-state index contributed by atoms with van der Waals surface area (Å²) in [5, 5.41) is 9.19. The smallest absolute Gasteiger partial charge is 0.335 e. The van der Waals surface area contributed by atoms with E-state index in [4.69, 9.17) is 4.74 Å². The van der Waals surface area contributed by atoms with Crippen LogP contribution in [0.1, 0.15) is 32.9 Å². The molecule has 1 N–H and O–H groups in total. The van der Waals surface area contributed by atoms with Crippen LogP contribution < -0.4 is 4.90 Å². The van der Waals surface area contributed by atoms with Gasteiger partial charge in [-0.2, -0.15) is 4.31 Å². The Bertz CT molecular complexity index is 1550. The lowest BCUT2D eigenvalue weighted by Crippen LogP contribution is -2.40. The van der Waals surface area contributed by atoms with Gasteiger partial charge in [0, 0.05) is 48.3 Å². The van der Waals surface area contributed by atoms with Crippen LogP contribution in [0.2, 0.25) is 0 Å². The zero-order chi connectivity index (χ0) is 26.5. The van der Waals surface area contributed by atoms with Gasteiger partial charge in [-0.15, -0.1) is 0 Å². The minimum atomic E-state index is -3.72. The van der Waals surface area contributed by atoms with E-state index in [2.05, 4.69) is 0 Å². The maximum absolute atomic E-state index is 13.3. The molecule has 2 aliphatic heterocycles. The number of nitrogens with zero attached hydrogens (tertiary/aromatic N) is 3. The Morgan fingerprint density at radius 1 is 1.03 bits per heavy atom. The number of hydrogen-bond acceptors (Lipinski definition) is 5. The predicted octanol–water partition coefficient (Wildman–Crippen LogP) is 3.33. The van der Waals surface area contributed by atoms with Crippen LogP contribution in [0.25, 0.3) is 17.3 Å². The first kappa shape index (κ1) is 24.9. The molecule has 37 heavy (non-hydrogen) atoms. The molecule has 0 radical (unpaired) electrons. The van der Waals surface area contributed by atoms with E-state index < -0.39 is 16.0 Å². The van der Waals surface area contributed by atoms with E-state index in [1.807, 2.05) is 24.5 Å². The monoisotopic (exact) mass is 521 g/mol. The quantitative estimate of drug-likeness (QED) is 0.516. The number of carbonyl (C=O) groups is 2. The number of carboxylic acid groups (broad SMARTS) is 1. The molecule has 10 heteroatoms. The predicted molar refractivity (Wildman–Crippen MR) is 140 cm³/mol. The summed E-state index contributed by atoms with van der Waals surface area (Å²) in [7, 11) is -2.05. The highest BCUT2D eigenvalue weighted by atomic mass is 32.2. The fraction of sp³-hybridized carbons (Fsp3) is 0.259. The number of sulfonamides is 1. The number of hydrogen-bond donors (Lipinski definition) is 1. The molecule has 1 saturated heterocycles. The molecule has 5 rings (SSSR count). The summed E-state index contributed by atoms with van der Waals surface area (Å²) in [5.74, 6) is -1.21. The molecule has 1 aromatic heterocycles. The standard InChI is InChI=1S/C27H27N3O6S/c1-17-14-20(18(2)30(17)21-6-4-19(5-7-21)27(32)33)15-24-23-16-22(8-9-25(23)28(3)26(24)31)37(34,35)29-10-12-36-13-11-29/h4-9,14-16H,10-13H2,1-3H3,(H,32,33)/b24-15-. The zero-order valence-corrected chi connectivity index (χ0v) is 21.6. The maximum atomic E-state index is 13.3. The number of ether oxygens (including phenoxy) is 1. The summed E-state index contributed by atoms with van der Waals surface area (Å²) < 4.78 is 35.2. The van der Waals surface area contributed by atoms with E-state index in [9.17, 15) is 23.1 Å². The molecule has 9 nitrogen and oxygen atoms in total. The number of aromatic carboxylic acids is 1. The van der Waals surface area contributed by atoms with Gasteiger partial charge >= 0.3 is 5.97 Å². The van der Waals surface area contributed by atoms with Crippen molar-refractivity contribution >= 4 is 39.2 Å². The van der Waals surface area contributed by atoms with E-state index in [0.717, 1.165) is 22.6 Å². The molecule has 192 valence electrons. The number of anilines is 1. The third kappa shape index (κ3) is 4.26. The molecular weight excluding hydrogens is 494 g/mol. The van der Waals surface area contributed by atoms with Crippen LogP contribution in [0.4, 0.5) is 5.69 Å². The number of carboxylic acids is 1. The van der Waals surface area contributed by atoms with Crippen molar-refractivity contribution in [3.05, 3.63) is 76.6 Å². The summed E-state index contributed by atoms with van der Waals surface area (Å²) >= 11 is 0. The van der Waals surface area contributed by atoms with Gasteiger partial charge in [-0.25, -0.2) is 13.2 Å². The van der Waals surface area contributed by atoms with Crippen LogP contribution in [0, 0.1) is 13.8 Å². The molecule has 0 saturated carbocycles. The Morgan fingerprint density at radius 3 is 2.35 bits per heavy atom. The Balaban J connectivity index is 1.56. The third-order valence-corrected chi connectivity index (χ3v) is 8.80. The van der Waals surface area contributed by atoms with Gasteiger partial charge in [0.1, 0.15) is 0 Å². The van der Waals surface area contributed by atoms with Gasteiger partial charge in [0.25, 0.3) is 5.91 Å². The maximum Gasteiger partial charge on any atom is 0.335 e. The lowest BCUT2D eigenvalue weighted by atomic mass is 10.0. The van der Waals surface area contributed by atoms with E-state index >= 15 is 0 Å². The number of likely N-dealkylation sites (N-methyl/N-ethyl adjacent to an activating group) is 1. The summed E-state index contributed by atoms with van der Waals surface area (Å²) in [6.07, 6.45) is 1.79. The van der Waals surface area contributed by atoms with Crippen LogP contribution in [-0.2, 0) is 19.6 Å². The number of amides is 1. The van der Waals surface area contributed by atoms with Crippen molar-refractivity contribution in [1.82, 2.24) is 8.87 Å². The molecule has 0 bridgehead atoms. The highest BCUT2D eigenvalue weighted by molar-refractivity contribution is 7.89. The van der Waals surface area contributed by atoms with E-state index in [1.54, 1.807) is 55.6 Å². The van der Waals surface area contributed by atoms with Gasteiger partial charge in [-0.05, 0) is 74.0 Å². The zero-order valence-electron chi connectivity index (χ0n) is 20.8. The Morgan fingerprint density at radius 2 is 1.70 bits per heavy atom. The first-order valence-corrected chi connectivity index (χ1v) is 13.3. The number of benzene rings is 2. The highest BCUT2D eigenvalue weighted by Gasteiger charge is 2.33. The molecule has 2 aliphatic rings. The Kier molecular flexibility index (Phi) is 6.26. The average Bonchev–Trinajstić information content (AvgIpc) is 3.31. The molecule has 0 aliphatic carbocycles. The van der Waals surface area contributed by atoms with E-state index in [0.29, 0.717) is 43.1 Å². The molecule has 1 amide bonds. The third-order valence-electron chi connectivity index (χ3n) is 6.90. The normalized spacial score (nSPS) is 17.4. The second-order valence-electron chi connectivity index (χ2n) is 9.13. The number of fused-ring (bicyclic) bond motifs is 1. The minimum absolute atomic E-state index is 0.145. The van der Waals surface area contributed by atoms with Gasteiger partial charge in [0.2, 0.25) is 10.0 Å². The number of carbonyl (C=O) groups excluding carboxylic acids is 1. The van der Waals surface area contributed by atoms with Gasteiger partial charge in [-0.3, -0.25) is 4.79 Å². The van der Waals surface area contributed by atoms with Crippen molar-refractivity contribution in [2.75, 3.05) is 38.3 Å². The molecule has 3 heterocycles. The average molecular weight is 522 g/mol. The lowest BCUT2D eigenvalue weighted by molar-refractivity contribution is -0.112. The Labute approximate surface area is 215 Å². The van der Waals surface area contributed by atoms with Crippen molar-refractivity contribution in [2.45, 2.75) is 18.7 Å². The summed E-state index contributed by atoms with van der Waals surface area (Å²) in [6.45, 7) is 5.15. The number of rotatable bonds is 5. The first-order chi connectivity index (χ1) is 17.6. The van der Waals surface area contributed by atoms with Gasteiger partial charge in [0.05, 0.1) is 29.4 Å². The largest absolute Gasteiger partial charge is 0.478 e. The van der Waals surface area contributed by atoms with Crippen LogP contribution in [0.3, 0.4) is 0 Å². The minimum Gasteiger partial charge on any atom is -0.478 e. The Hall–Kier alpha value is -3.73. The second kappa shape index (κ2) is 9.29. The second-order valence-corrected chi connectivity index (χ2v) is 11.1. The fourth-order valence-corrected chi connectivity index (χ4v) is 6.34. The molecule has 1 fully saturated rings.